The number of nitrogens with one attached hydrogen (secondary N) is 1. The van der Waals surface area contributed by atoms with Gasteiger partial charge in [-0.3, -0.25) is 0 Å². The monoisotopic (exact) mass is 247 g/mol. The predicted octanol–water partition coefficient (Wildman–Crippen LogP) is 2.48. The van der Waals surface area contributed by atoms with Gasteiger partial charge in [0.1, 0.15) is 0 Å². The molecule has 0 bridgehead atoms. The topological polar surface area (TPSA) is 46.2 Å². The molecule has 0 unspecified atom stereocenters. The van der Waals surface area contributed by atoms with E-state index < -0.39 is 10.2 Å². The number of rotatable bonds is 4. The smallest absolute Gasteiger partial charge is 0.313 e. The van der Waals surface area contributed by atoms with Gasteiger partial charge in [-0.15, -0.1) is 3.89 Å². The molecule has 0 aliphatic carbocycles. The maximum absolute atomic E-state index is 12.6. The molecule has 0 aliphatic heterocycles. The van der Waals surface area contributed by atoms with E-state index in [0.29, 0.717) is 6.54 Å². The molecule has 0 aromatic heterocycles. The zero-order valence-corrected chi connectivity index (χ0v) is 10.6. The molecule has 0 heterocycles. The second kappa shape index (κ2) is 7.35. The zero-order valence-electron chi connectivity index (χ0n) is 9.83. The largest absolute Gasteiger partial charge is 0.332 e. The molecule has 92 valence electrons. The fraction of sp³-hybridized carbons (Fsp3) is 0.455. The van der Waals surface area contributed by atoms with Gasteiger partial charge >= 0.3 is 10.2 Å². The Labute approximate surface area is 96.9 Å². The van der Waals surface area contributed by atoms with Crippen molar-refractivity contribution in [3.63, 3.8) is 0 Å². The molecule has 16 heavy (non-hydrogen) atoms. The summed E-state index contributed by atoms with van der Waals surface area (Å²) in [5, 5.41) is 3.03. The molecule has 0 aliphatic rings. The molecule has 0 fully saturated rings. The molecule has 3 nitrogen and oxygen atoms in total. The van der Waals surface area contributed by atoms with Crippen molar-refractivity contribution < 1.29 is 12.3 Å². The first-order valence-electron chi connectivity index (χ1n) is 5.28. The van der Waals surface area contributed by atoms with Gasteiger partial charge in [-0.05, 0) is 24.2 Å². The second-order valence-electron chi connectivity index (χ2n) is 2.87. The minimum atomic E-state index is -4.58. The number of halogens is 1. The minimum absolute atomic E-state index is 0.284. The summed E-state index contributed by atoms with van der Waals surface area (Å²) in [5.41, 5.74) is 0.755. The van der Waals surface area contributed by atoms with E-state index in [1.165, 1.54) is 18.2 Å². The van der Waals surface area contributed by atoms with Crippen LogP contribution < -0.4 is 5.32 Å². The summed E-state index contributed by atoms with van der Waals surface area (Å²) < 4.78 is 33.7. The molecule has 0 amide bonds. The van der Waals surface area contributed by atoms with Gasteiger partial charge in [0.05, 0.1) is 4.90 Å². The molecule has 5 heteroatoms. The zero-order chi connectivity index (χ0) is 12.6. The first-order chi connectivity index (χ1) is 7.54. The Morgan fingerprint density at radius 2 is 1.94 bits per heavy atom. The third kappa shape index (κ3) is 5.23. The second-order valence-corrected chi connectivity index (χ2v) is 4.21. The standard InChI is InChI=1S/C9H12FNO2S.C2H6/c1-2-11-7-8-4-3-5-9(6-8)14(10,12)13;1-2/h3-6,11H,2,7H2,1H3;1-2H3. The first kappa shape index (κ1) is 15.1. The van der Waals surface area contributed by atoms with E-state index in [4.69, 9.17) is 0 Å². The van der Waals surface area contributed by atoms with Crippen LogP contribution in [-0.4, -0.2) is 15.0 Å². The average molecular weight is 247 g/mol. The summed E-state index contributed by atoms with van der Waals surface area (Å²) in [4.78, 5) is -0.284. The minimum Gasteiger partial charge on any atom is -0.313 e. The molecule has 0 radical (unpaired) electrons. The SMILES string of the molecule is CC.CCNCc1cccc(S(=O)(=O)F)c1. The summed E-state index contributed by atoms with van der Waals surface area (Å²) in [7, 11) is -4.58. The molecule has 0 atom stereocenters. The van der Waals surface area contributed by atoms with E-state index in [-0.39, 0.29) is 4.90 Å². The van der Waals surface area contributed by atoms with Crippen LogP contribution in [0, 0.1) is 0 Å². The summed E-state index contributed by atoms with van der Waals surface area (Å²) in [6.07, 6.45) is 0. The summed E-state index contributed by atoms with van der Waals surface area (Å²) in [6, 6.07) is 5.85. The molecule has 0 saturated heterocycles. The van der Waals surface area contributed by atoms with Crippen LogP contribution in [0.2, 0.25) is 0 Å². The molecule has 1 rings (SSSR count). The van der Waals surface area contributed by atoms with Gasteiger partial charge in [-0.2, -0.15) is 8.42 Å². The molecular weight excluding hydrogens is 229 g/mol. The lowest BCUT2D eigenvalue weighted by atomic mass is 10.2. The van der Waals surface area contributed by atoms with Crippen molar-refractivity contribution in [2.75, 3.05) is 6.54 Å². The van der Waals surface area contributed by atoms with Gasteiger partial charge in [0.15, 0.2) is 0 Å². The van der Waals surface area contributed by atoms with Crippen LogP contribution >= 0.6 is 0 Å². The maximum atomic E-state index is 12.6. The van der Waals surface area contributed by atoms with Crippen molar-refractivity contribution in [1.29, 1.82) is 0 Å². The molecule has 0 saturated carbocycles. The summed E-state index contributed by atoms with van der Waals surface area (Å²) >= 11 is 0. The Kier molecular flexibility index (Phi) is 6.92. The van der Waals surface area contributed by atoms with Crippen LogP contribution in [0.5, 0.6) is 0 Å². The number of hydrogen-bond acceptors (Lipinski definition) is 3. The van der Waals surface area contributed by atoms with Gasteiger partial charge in [0, 0.05) is 6.54 Å². The van der Waals surface area contributed by atoms with Gasteiger partial charge in [-0.25, -0.2) is 0 Å². The fourth-order valence-electron chi connectivity index (χ4n) is 1.08. The van der Waals surface area contributed by atoms with Crippen LogP contribution in [0.4, 0.5) is 3.89 Å². The highest BCUT2D eigenvalue weighted by atomic mass is 32.3. The summed E-state index contributed by atoms with van der Waals surface area (Å²) in [6.45, 7) is 7.27. The lowest BCUT2D eigenvalue weighted by molar-refractivity contribution is 0.552. The lowest BCUT2D eigenvalue weighted by Crippen LogP contribution is -2.11. The van der Waals surface area contributed by atoms with E-state index in [9.17, 15) is 12.3 Å². The van der Waals surface area contributed by atoms with Crippen LogP contribution in [0.3, 0.4) is 0 Å². The van der Waals surface area contributed by atoms with Gasteiger partial charge in [-0.1, -0.05) is 32.9 Å². The highest BCUT2D eigenvalue weighted by Gasteiger charge is 2.11. The fourth-order valence-corrected chi connectivity index (χ4v) is 1.61. The van der Waals surface area contributed by atoms with E-state index >= 15 is 0 Å². The molecule has 1 N–H and O–H groups in total. The van der Waals surface area contributed by atoms with Gasteiger partial charge in [0.25, 0.3) is 0 Å². The van der Waals surface area contributed by atoms with Crippen molar-refractivity contribution in [3.05, 3.63) is 29.8 Å². The highest BCUT2D eigenvalue weighted by molar-refractivity contribution is 7.86. The molecular formula is C11H18FNO2S. The molecule has 1 aromatic carbocycles. The van der Waals surface area contributed by atoms with Gasteiger partial charge in [0.2, 0.25) is 0 Å². The van der Waals surface area contributed by atoms with Crippen molar-refractivity contribution in [2.45, 2.75) is 32.2 Å². The van der Waals surface area contributed by atoms with Crippen molar-refractivity contribution in [1.82, 2.24) is 5.32 Å². The van der Waals surface area contributed by atoms with Crippen LogP contribution in [0.25, 0.3) is 0 Å². The van der Waals surface area contributed by atoms with Crippen LogP contribution in [-0.2, 0) is 16.8 Å². The Hall–Kier alpha value is -0.940. The van der Waals surface area contributed by atoms with E-state index in [1.54, 1.807) is 6.07 Å². The Morgan fingerprint density at radius 3 is 2.44 bits per heavy atom. The van der Waals surface area contributed by atoms with Crippen molar-refractivity contribution in [3.8, 4) is 0 Å². The number of benzene rings is 1. The van der Waals surface area contributed by atoms with Crippen molar-refractivity contribution >= 4 is 10.2 Å². The maximum Gasteiger partial charge on any atom is 0.332 e. The Morgan fingerprint density at radius 1 is 1.31 bits per heavy atom. The van der Waals surface area contributed by atoms with E-state index in [2.05, 4.69) is 5.32 Å². The quantitative estimate of drug-likeness (QED) is 0.831. The van der Waals surface area contributed by atoms with Crippen LogP contribution in [0.15, 0.2) is 29.2 Å². The average Bonchev–Trinajstić information content (AvgIpc) is 2.28. The third-order valence-corrected chi connectivity index (χ3v) is 2.58. The van der Waals surface area contributed by atoms with Crippen molar-refractivity contribution in [2.24, 2.45) is 0 Å². The van der Waals surface area contributed by atoms with Crippen LogP contribution in [0.1, 0.15) is 26.3 Å². The van der Waals surface area contributed by atoms with Gasteiger partial charge < -0.3 is 5.32 Å². The molecule has 0 spiro atoms. The summed E-state index contributed by atoms with van der Waals surface area (Å²) in [5.74, 6) is 0. The molecule has 1 aromatic rings. The Bertz CT molecular complexity index is 404. The highest BCUT2D eigenvalue weighted by Crippen LogP contribution is 2.13. The normalized spacial score (nSPS) is 10.5. The van der Waals surface area contributed by atoms with E-state index in [1.807, 2.05) is 20.8 Å². The first-order valence-corrected chi connectivity index (χ1v) is 6.66. The third-order valence-electron chi connectivity index (χ3n) is 1.76. The predicted molar refractivity (Wildman–Crippen MR) is 63.5 cm³/mol. The number of hydrogen-bond donors (Lipinski definition) is 1. The lowest BCUT2D eigenvalue weighted by Gasteiger charge is -2.02. The Balaban J connectivity index is 0.00000106. The van der Waals surface area contributed by atoms with E-state index in [0.717, 1.165) is 12.1 Å².